The van der Waals surface area contributed by atoms with Gasteiger partial charge in [0.25, 0.3) is 11.8 Å². The van der Waals surface area contributed by atoms with Gasteiger partial charge in [0.05, 0.1) is 0 Å². The predicted molar refractivity (Wildman–Crippen MR) is 115 cm³/mol. The maximum Gasteiger partial charge on any atom is 0.255 e. The van der Waals surface area contributed by atoms with Crippen LogP contribution in [-0.2, 0) is 0 Å². The largest absolute Gasteiger partial charge is 0.322 e. The van der Waals surface area contributed by atoms with E-state index in [1.807, 2.05) is 32.0 Å². The number of hydrogen-bond donors (Lipinski definition) is 2. The first kappa shape index (κ1) is 20.0. The van der Waals surface area contributed by atoms with Gasteiger partial charge < -0.3 is 10.6 Å². The number of aryl methyl sites for hydroxylation is 2. The van der Waals surface area contributed by atoms with Crippen molar-refractivity contribution in [2.75, 3.05) is 10.6 Å². The molecule has 146 valence electrons. The Morgan fingerprint density at radius 3 is 2.00 bits per heavy atom. The molecule has 0 aliphatic carbocycles. The Labute approximate surface area is 169 Å². The Hall–Kier alpha value is -3.73. The molecule has 5 heteroatoms. The highest BCUT2D eigenvalue weighted by Crippen LogP contribution is 2.18. The Bertz CT molecular complexity index is 1100. The number of amides is 2. The van der Waals surface area contributed by atoms with Gasteiger partial charge in [0, 0.05) is 28.1 Å². The Morgan fingerprint density at radius 2 is 1.31 bits per heavy atom. The maximum atomic E-state index is 12.7. The molecule has 29 heavy (non-hydrogen) atoms. The lowest BCUT2D eigenvalue weighted by molar-refractivity contribution is 0.100. The highest BCUT2D eigenvalue weighted by molar-refractivity contribution is 6.09. The van der Waals surface area contributed by atoms with Crippen LogP contribution in [0.15, 0.2) is 66.7 Å². The molecule has 0 unspecified atom stereocenters. The van der Waals surface area contributed by atoms with Crippen LogP contribution in [0.25, 0.3) is 0 Å². The van der Waals surface area contributed by atoms with Gasteiger partial charge in [-0.2, -0.15) is 0 Å². The average molecular weight is 386 g/mol. The van der Waals surface area contributed by atoms with Crippen molar-refractivity contribution in [1.29, 1.82) is 0 Å². The van der Waals surface area contributed by atoms with E-state index in [0.717, 1.165) is 16.8 Å². The van der Waals surface area contributed by atoms with E-state index in [9.17, 15) is 14.4 Å². The molecule has 0 saturated carbocycles. The van der Waals surface area contributed by atoms with E-state index in [1.54, 1.807) is 48.5 Å². The third-order valence-electron chi connectivity index (χ3n) is 4.56. The minimum absolute atomic E-state index is 0.0776. The van der Waals surface area contributed by atoms with E-state index in [0.29, 0.717) is 22.4 Å². The van der Waals surface area contributed by atoms with Gasteiger partial charge in [-0.1, -0.05) is 30.3 Å². The van der Waals surface area contributed by atoms with Crippen molar-refractivity contribution in [3.8, 4) is 0 Å². The molecule has 3 aromatic carbocycles. The zero-order chi connectivity index (χ0) is 21.0. The SMILES string of the molecule is CC(=O)c1cccc(NC(=O)c2cccc(C(=O)Nc3cc(C)ccc3C)c2)c1. The summed E-state index contributed by atoms with van der Waals surface area (Å²) in [5.74, 6) is -0.717. The number of carbonyl (C=O) groups is 3. The molecule has 3 aromatic rings. The fourth-order valence-electron chi connectivity index (χ4n) is 2.89. The summed E-state index contributed by atoms with van der Waals surface area (Å²) in [6.45, 7) is 5.36. The Morgan fingerprint density at radius 1 is 0.690 bits per heavy atom. The molecule has 0 atom stereocenters. The van der Waals surface area contributed by atoms with Crippen LogP contribution in [0, 0.1) is 13.8 Å². The lowest BCUT2D eigenvalue weighted by Gasteiger charge is -2.11. The van der Waals surface area contributed by atoms with Crippen LogP contribution >= 0.6 is 0 Å². The summed E-state index contributed by atoms with van der Waals surface area (Å²) in [4.78, 5) is 36.8. The van der Waals surface area contributed by atoms with Crippen molar-refractivity contribution in [2.45, 2.75) is 20.8 Å². The van der Waals surface area contributed by atoms with Crippen LogP contribution in [0.4, 0.5) is 11.4 Å². The number of anilines is 2. The van der Waals surface area contributed by atoms with E-state index in [2.05, 4.69) is 10.6 Å². The fourth-order valence-corrected chi connectivity index (χ4v) is 2.89. The van der Waals surface area contributed by atoms with Crippen molar-refractivity contribution < 1.29 is 14.4 Å². The van der Waals surface area contributed by atoms with Crippen LogP contribution in [0.5, 0.6) is 0 Å². The van der Waals surface area contributed by atoms with Crippen LogP contribution in [0.1, 0.15) is 49.1 Å². The van der Waals surface area contributed by atoms with Gasteiger partial charge in [0.15, 0.2) is 5.78 Å². The first-order valence-corrected chi connectivity index (χ1v) is 9.24. The highest BCUT2D eigenvalue weighted by atomic mass is 16.2. The second kappa shape index (κ2) is 8.52. The van der Waals surface area contributed by atoms with Crippen molar-refractivity contribution in [1.82, 2.24) is 0 Å². The van der Waals surface area contributed by atoms with Gasteiger partial charge in [-0.05, 0) is 68.3 Å². The molecule has 0 fully saturated rings. The molecule has 0 aliphatic rings. The van der Waals surface area contributed by atoms with Gasteiger partial charge in [0.2, 0.25) is 0 Å². The molecule has 0 saturated heterocycles. The van der Waals surface area contributed by atoms with E-state index < -0.39 is 0 Å². The second-order valence-electron chi connectivity index (χ2n) is 6.94. The third-order valence-corrected chi connectivity index (χ3v) is 4.56. The highest BCUT2D eigenvalue weighted by Gasteiger charge is 2.12. The van der Waals surface area contributed by atoms with Gasteiger partial charge in [-0.3, -0.25) is 14.4 Å². The lowest BCUT2D eigenvalue weighted by Crippen LogP contribution is -2.16. The molecule has 5 nitrogen and oxygen atoms in total. The number of hydrogen-bond acceptors (Lipinski definition) is 3. The summed E-state index contributed by atoms with van der Waals surface area (Å²) in [6.07, 6.45) is 0. The van der Waals surface area contributed by atoms with Crippen LogP contribution < -0.4 is 10.6 Å². The number of carbonyl (C=O) groups excluding carboxylic acids is 3. The zero-order valence-electron chi connectivity index (χ0n) is 16.6. The average Bonchev–Trinajstić information content (AvgIpc) is 2.71. The van der Waals surface area contributed by atoms with Crippen LogP contribution in [0.3, 0.4) is 0 Å². The third kappa shape index (κ3) is 4.96. The van der Waals surface area contributed by atoms with Gasteiger partial charge >= 0.3 is 0 Å². The molecule has 2 N–H and O–H groups in total. The van der Waals surface area contributed by atoms with Crippen molar-refractivity contribution in [3.05, 3.63) is 94.5 Å². The van der Waals surface area contributed by atoms with Crippen molar-refractivity contribution in [2.24, 2.45) is 0 Å². The van der Waals surface area contributed by atoms with E-state index in [1.165, 1.54) is 6.92 Å². The first-order valence-electron chi connectivity index (χ1n) is 9.24. The second-order valence-corrected chi connectivity index (χ2v) is 6.94. The van der Waals surface area contributed by atoms with Gasteiger partial charge in [-0.25, -0.2) is 0 Å². The first-order chi connectivity index (χ1) is 13.8. The van der Waals surface area contributed by atoms with E-state index >= 15 is 0 Å². The molecule has 3 rings (SSSR count). The summed E-state index contributed by atoms with van der Waals surface area (Å²) in [5, 5.41) is 5.66. The summed E-state index contributed by atoms with van der Waals surface area (Å²) in [7, 11) is 0. The molecular weight excluding hydrogens is 364 g/mol. The molecule has 0 heterocycles. The minimum atomic E-state index is -0.355. The number of rotatable bonds is 5. The predicted octanol–water partition coefficient (Wildman–Crippen LogP) is 5.01. The monoisotopic (exact) mass is 386 g/mol. The lowest BCUT2D eigenvalue weighted by atomic mass is 10.1. The normalized spacial score (nSPS) is 10.3. The van der Waals surface area contributed by atoms with Crippen molar-refractivity contribution in [3.63, 3.8) is 0 Å². The quantitative estimate of drug-likeness (QED) is 0.605. The standard InChI is InChI=1S/C24H22N2O3/c1-15-10-11-16(2)22(12-15)26-24(29)20-8-4-7-19(13-20)23(28)25-21-9-5-6-18(14-21)17(3)27/h4-14H,1-3H3,(H,25,28)(H,26,29). The molecule has 0 bridgehead atoms. The summed E-state index contributed by atoms with van der Waals surface area (Å²) >= 11 is 0. The number of ketones is 1. The topological polar surface area (TPSA) is 75.3 Å². The summed E-state index contributed by atoms with van der Waals surface area (Å²) < 4.78 is 0. The van der Waals surface area contributed by atoms with Crippen LogP contribution in [0.2, 0.25) is 0 Å². The number of Topliss-reactive ketones (excluding diaryl/α,β-unsaturated/α-hetero) is 1. The number of nitrogens with one attached hydrogen (secondary N) is 2. The zero-order valence-corrected chi connectivity index (χ0v) is 16.6. The molecule has 0 aromatic heterocycles. The Kier molecular flexibility index (Phi) is 5.88. The fraction of sp³-hybridized carbons (Fsp3) is 0.125. The maximum absolute atomic E-state index is 12.7. The molecule has 0 radical (unpaired) electrons. The summed E-state index contributed by atoms with van der Waals surface area (Å²) in [6, 6.07) is 19.1. The van der Waals surface area contributed by atoms with E-state index in [-0.39, 0.29) is 17.6 Å². The smallest absolute Gasteiger partial charge is 0.255 e. The summed E-state index contributed by atoms with van der Waals surface area (Å²) in [5.41, 5.74) is 4.53. The Balaban J connectivity index is 1.77. The molecule has 0 spiro atoms. The van der Waals surface area contributed by atoms with Gasteiger partial charge in [-0.15, -0.1) is 0 Å². The molecule has 0 aliphatic heterocycles. The minimum Gasteiger partial charge on any atom is -0.322 e. The number of benzene rings is 3. The van der Waals surface area contributed by atoms with Crippen molar-refractivity contribution >= 4 is 29.0 Å². The van der Waals surface area contributed by atoms with Crippen LogP contribution in [-0.4, -0.2) is 17.6 Å². The molecular formula is C24H22N2O3. The molecule has 2 amide bonds. The van der Waals surface area contributed by atoms with E-state index in [4.69, 9.17) is 0 Å². The van der Waals surface area contributed by atoms with Gasteiger partial charge in [0.1, 0.15) is 0 Å².